The zero-order chi connectivity index (χ0) is 10.7. The molecular weight excluding hydrogens is 265 g/mol. The van der Waals surface area contributed by atoms with Gasteiger partial charge in [-0.3, -0.25) is 4.98 Å². The van der Waals surface area contributed by atoms with Crippen molar-refractivity contribution in [2.45, 2.75) is 0 Å². The van der Waals surface area contributed by atoms with E-state index in [2.05, 4.69) is 9.97 Å². The molecular formula is C11H9CoN3S+2. The van der Waals surface area contributed by atoms with Gasteiger partial charge in [0.2, 0.25) is 0 Å². The Morgan fingerprint density at radius 1 is 1.06 bits per heavy atom. The monoisotopic (exact) mass is 274 g/mol. The van der Waals surface area contributed by atoms with Gasteiger partial charge in [-0.2, -0.15) is 0 Å². The summed E-state index contributed by atoms with van der Waals surface area (Å²) in [5.74, 6) is 0. The third-order valence-corrected chi connectivity index (χ3v) is 2.14. The van der Waals surface area contributed by atoms with Gasteiger partial charge in [0.25, 0.3) is 0 Å². The van der Waals surface area contributed by atoms with Crippen molar-refractivity contribution in [3.8, 4) is 11.4 Å². The van der Waals surface area contributed by atoms with Crippen molar-refractivity contribution in [2.75, 3.05) is 0 Å². The summed E-state index contributed by atoms with van der Waals surface area (Å²) in [6.07, 6.45) is 1.73. The molecule has 0 saturated carbocycles. The molecule has 5 heteroatoms. The predicted molar refractivity (Wildman–Crippen MR) is 63.4 cm³/mol. The molecule has 16 heavy (non-hydrogen) atoms. The van der Waals surface area contributed by atoms with E-state index in [1.165, 1.54) is 0 Å². The summed E-state index contributed by atoms with van der Waals surface area (Å²) in [7, 11) is 0. The fourth-order valence-corrected chi connectivity index (χ4v) is 1.34. The predicted octanol–water partition coefficient (Wildman–Crippen LogP) is 1.78. The van der Waals surface area contributed by atoms with Crippen LogP contribution in [0, 0.1) is 0 Å². The van der Waals surface area contributed by atoms with Gasteiger partial charge in [-0.25, -0.2) is 4.98 Å². The molecule has 0 amide bonds. The normalized spacial score (nSPS) is 9.25. The number of nitrogens with zero attached hydrogens (tertiary/aromatic N) is 2. The molecule has 2 heterocycles. The van der Waals surface area contributed by atoms with E-state index in [4.69, 9.17) is 18.0 Å². The maximum Gasteiger partial charge on any atom is 2.00 e. The van der Waals surface area contributed by atoms with Gasteiger partial charge in [-0.15, -0.1) is 0 Å². The van der Waals surface area contributed by atoms with Gasteiger partial charge >= 0.3 is 16.8 Å². The van der Waals surface area contributed by atoms with E-state index in [0.29, 0.717) is 10.7 Å². The summed E-state index contributed by atoms with van der Waals surface area (Å²) in [6, 6.07) is 11.2. The average molecular weight is 274 g/mol. The van der Waals surface area contributed by atoms with Gasteiger partial charge in [0.1, 0.15) is 4.99 Å². The first-order chi connectivity index (χ1) is 7.27. The summed E-state index contributed by atoms with van der Waals surface area (Å²) in [5, 5.41) is 0. The summed E-state index contributed by atoms with van der Waals surface area (Å²) in [6.45, 7) is 0. The van der Waals surface area contributed by atoms with Crippen LogP contribution in [0.3, 0.4) is 0 Å². The van der Waals surface area contributed by atoms with Gasteiger partial charge in [0.05, 0.1) is 17.1 Å². The second-order valence-corrected chi connectivity index (χ2v) is 3.43. The molecule has 81 valence electrons. The number of aromatic nitrogens is 2. The Hall–Kier alpha value is -1.30. The minimum absolute atomic E-state index is 0. The summed E-state index contributed by atoms with van der Waals surface area (Å²) in [4.78, 5) is 8.82. The second kappa shape index (κ2) is 5.69. The smallest absolute Gasteiger partial charge is 0.388 e. The summed E-state index contributed by atoms with van der Waals surface area (Å²) >= 11 is 4.87. The Balaban J connectivity index is 0.00000128. The Morgan fingerprint density at radius 2 is 1.81 bits per heavy atom. The molecule has 3 nitrogen and oxygen atoms in total. The van der Waals surface area contributed by atoms with Gasteiger partial charge < -0.3 is 5.73 Å². The van der Waals surface area contributed by atoms with Crippen LogP contribution in [0.25, 0.3) is 11.4 Å². The molecule has 0 aliphatic rings. The van der Waals surface area contributed by atoms with Crippen LogP contribution in [-0.2, 0) is 16.8 Å². The molecule has 0 spiro atoms. The maximum absolute atomic E-state index is 5.51. The number of hydrogen-bond donors (Lipinski definition) is 1. The molecule has 0 aliphatic carbocycles. The number of rotatable bonds is 2. The minimum atomic E-state index is 0. The van der Waals surface area contributed by atoms with E-state index in [1.807, 2.05) is 30.3 Å². The van der Waals surface area contributed by atoms with E-state index < -0.39 is 0 Å². The first-order valence-corrected chi connectivity index (χ1v) is 4.86. The van der Waals surface area contributed by atoms with Crippen LogP contribution in [0.2, 0.25) is 0 Å². The number of pyridine rings is 2. The number of thiocarbonyl (C=S) groups is 1. The van der Waals surface area contributed by atoms with Crippen molar-refractivity contribution >= 4 is 17.2 Å². The summed E-state index contributed by atoms with van der Waals surface area (Å²) < 4.78 is 0. The fourth-order valence-electron chi connectivity index (χ4n) is 1.23. The van der Waals surface area contributed by atoms with Crippen LogP contribution in [0.5, 0.6) is 0 Å². The Labute approximate surface area is 109 Å². The van der Waals surface area contributed by atoms with Crippen LogP contribution in [-0.4, -0.2) is 15.0 Å². The quantitative estimate of drug-likeness (QED) is 0.848. The van der Waals surface area contributed by atoms with Crippen molar-refractivity contribution in [3.05, 3.63) is 48.3 Å². The first kappa shape index (κ1) is 12.8. The van der Waals surface area contributed by atoms with Crippen LogP contribution in [0.1, 0.15) is 5.69 Å². The molecule has 2 aromatic heterocycles. The third-order valence-electron chi connectivity index (χ3n) is 1.93. The summed E-state index contributed by atoms with van der Waals surface area (Å²) in [5.41, 5.74) is 7.72. The standard InChI is InChI=1S/C11H9N3S.Co/c12-11(15)10-6-3-5-9(14-10)8-4-1-2-7-13-8;/h1-7H,(H2,12,15);/q;+2. The molecule has 0 atom stereocenters. The van der Waals surface area contributed by atoms with Crippen LogP contribution in [0.4, 0.5) is 0 Å². The van der Waals surface area contributed by atoms with E-state index in [1.54, 1.807) is 12.3 Å². The van der Waals surface area contributed by atoms with E-state index in [-0.39, 0.29) is 16.8 Å². The van der Waals surface area contributed by atoms with Crippen molar-refractivity contribution < 1.29 is 16.8 Å². The zero-order valence-corrected chi connectivity index (χ0v) is 10.1. The van der Waals surface area contributed by atoms with E-state index in [0.717, 1.165) is 11.4 Å². The zero-order valence-electron chi connectivity index (χ0n) is 8.25. The van der Waals surface area contributed by atoms with Crippen molar-refractivity contribution in [1.29, 1.82) is 0 Å². The molecule has 2 rings (SSSR count). The fraction of sp³-hybridized carbons (Fsp3) is 0. The van der Waals surface area contributed by atoms with Crippen molar-refractivity contribution in [3.63, 3.8) is 0 Å². The van der Waals surface area contributed by atoms with Gasteiger partial charge in [-0.05, 0) is 24.3 Å². The first-order valence-electron chi connectivity index (χ1n) is 4.45. The molecule has 0 unspecified atom stereocenters. The minimum Gasteiger partial charge on any atom is -0.388 e. The van der Waals surface area contributed by atoms with Crippen molar-refractivity contribution in [2.24, 2.45) is 5.73 Å². The third kappa shape index (κ3) is 2.85. The van der Waals surface area contributed by atoms with Crippen LogP contribution >= 0.6 is 12.2 Å². The second-order valence-electron chi connectivity index (χ2n) is 2.99. The maximum atomic E-state index is 5.51. The molecule has 0 bridgehead atoms. The molecule has 0 aromatic carbocycles. The molecule has 0 saturated heterocycles. The Morgan fingerprint density at radius 3 is 2.44 bits per heavy atom. The molecule has 0 fully saturated rings. The Kier molecular flexibility index (Phi) is 4.54. The molecule has 0 aliphatic heterocycles. The van der Waals surface area contributed by atoms with E-state index >= 15 is 0 Å². The molecule has 1 radical (unpaired) electrons. The Bertz CT molecular complexity index is 488. The van der Waals surface area contributed by atoms with Crippen molar-refractivity contribution in [1.82, 2.24) is 9.97 Å². The van der Waals surface area contributed by atoms with Gasteiger partial charge in [0.15, 0.2) is 0 Å². The van der Waals surface area contributed by atoms with Crippen LogP contribution < -0.4 is 5.73 Å². The van der Waals surface area contributed by atoms with E-state index in [9.17, 15) is 0 Å². The van der Waals surface area contributed by atoms with Gasteiger partial charge in [-0.1, -0.05) is 24.4 Å². The molecule has 2 aromatic rings. The number of nitrogens with two attached hydrogens (primary N) is 1. The molecule has 2 N–H and O–H groups in total. The largest absolute Gasteiger partial charge is 2.00 e. The van der Waals surface area contributed by atoms with Crippen LogP contribution in [0.15, 0.2) is 42.6 Å². The number of hydrogen-bond acceptors (Lipinski definition) is 3. The average Bonchev–Trinajstić information content (AvgIpc) is 2.30. The SMILES string of the molecule is NC(=S)c1cccc(-c2ccccn2)n1.[Co+2]. The topological polar surface area (TPSA) is 51.8 Å². The van der Waals surface area contributed by atoms with Gasteiger partial charge in [0, 0.05) is 6.20 Å².